The van der Waals surface area contributed by atoms with E-state index in [4.69, 9.17) is 4.74 Å². The van der Waals surface area contributed by atoms with E-state index in [2.05, 4.69) is 21.2 Å². The third kappa shape index (κ3) is 3.07. The van der Waals surface area contributed by atoms with Crippen LogP contribution in [0.5, 0.6) is 5.75 Å². The summed E-state index contributed by atoms with van der Waals surface area (Å²) in [5.41, 5.74) is -0.0403. The van der Waals surface area contributed by atoms with E-state index in [1.165, 1.54) is 19.2 Å². The first kappa shape index (κ1) is 14.7. The summed E-state index contributed by atoms with van der Waals surface area (Å²) < 4.78 is 46.2. The van der Waals surface area contributed by atoms with Crippen molar-refractivity contribution >= 4 is 21.6 Å². The van der Waals surface area contributed by atoms with E-state index in [9.17, 15) is 13.2 Å². The Morgan fingerprint density at radius 1 is 1.15 bits per heavy atom. The van der Waals surface area contributed by atoms with Crippen LogP contribution in [0.3, 0.4) is 0 Å². The summed E-state index contributed by atoms with van der Waals surface area (Å²) >= 11 is 2.99. The molecule has 1 N–H and O–H groups in total. The minimum atomic E-state index is -0.750. The van der Waals surface area contributed by atoms with Crippen molar-refractivity contribution in [2.24, 2.45) is 0 Å². The second-order valence-electron chi connectivity index (χ2n) is 4.03. The molecule has 0 spiro atoms. The molecule has 6 heteroatoms. The topological polar surface area (TPSA) is 21.3 Å². The Morgan fingerprint density at radius 2 is 1.80 bits per heavy atom. The predicted molar refractivity (Wildman–Crippen MR) is 74.3 cm³/mol. The van der Waals surface area contributed by atoms with Crippen LogP contribution in [0.25, 0.3) is 0 Å². The van der Waals surface area contributed by atoms with Crippen LogP contribution < -0.4 is 10.1 Å². The molecule has 0 atom stereocenters. The van der Waals surface area contributed by atoms with Crippen LogP contribution in [0.15, 0.2) is 34.8 Å². The highest BCUT2D eigenvalue weighted by Gasteiger charge is 2.12. The lowest BCUT2D eigenvalue weighted by molar-refractivity contribution is 0.384. The molecule has 0 aliphatic heterocycles. The average Bonchev–Trinajstić information content (AvgIpc) is 2.39. The molecule has 0 aromatic heterocycles. The maximum absolute atomic E-state index is 13.9. The van der Waals surface area contributed by atoms with Crippen molar-refractivity contribution in [3.8, 4) is 5.75 Å². The van der Waals surface area contributed by atoms with Crippen molar-refractivity contribution in [2.45, 2.75) is 6.54 Å². The van der Waals surface area contributed by atoms with Crippen molar-refractivity contribution < 1.29 is 17.9 Å². The zero-order valence-electron chi connectivity index (χ0n) is 10.5. The normalized spacial score (nSPS) is 10.4. The molecule has 0 saturated carbocycles. The van der Waals surface area contributed by atoms with Crippen LogP contribution in [0.1, 0.15) is 5.56 Å². The number of hydrogen-bond acceptors (Lipinski definition) is 2. The number of ether oxygens (including phenoxy) is 1. The Morgan fingerprint density at radius 3 is 2.40 bits per heavy atom. The van der Waals surface area contributed by atoms with Gasteiger partial charge < -0.3 is 10.1 Å². The fourth-order valence-electron chi connectivity index (χ4n) is 1.75. The molecule has 0 saturated heterocycles. The van der Waals surface area contributed by atoms with Gasteiger partial charge in [0.2, 0.25) is 0 Å². The predicted octanol–water partition coefficient (Wildman–Crippen LogP) is 4.49. The smallest absolute Gasteiger partial charge is 0.170 e. The van der Waals surface area contributed by atoms with Crippen LogP contribution >= 0.6 is 15.9 Å². The van der Waals surface area contributed by atoms with Gasteiger partial charge in [0.15, 0.2) is 11.6 Å². The summed E-state index contributed by atoms with van der Waals surface area (Å²) in [6, 6.07) is 6.85. The number of nitrogens with one attached hydrogen (secondary N) is 1. The molecule has 2 aromatic rings. The summed E-state index contributed by atoms with van der Waals surface area (Å²) in [6.07, 6.45) is 0. The van der Waals surface area contributed by atoms with Crippen molar-refractivity contribution in [3.05, 3.63) is 57.8 Å². The summed E-state index contributed by atoms with van der Waals surface area (Å²) in [5, 5.41) is 2.55. The van der Waals surface area contributed by atoms with Gasteiger partial charge in [0.05, 0.1) is 7.11 Å². The Labute approximate surface area is 122 Å². The Bertz CT molecular complexity index is 611. The molecule has 0 unspecified atom stereocenters. The van der Waals surface area contributed by atoms with Gasteiger partial charge in [0.1, 0.15) is 17.3 Å². The Kier molecular flexibility index (Phi) is 4.54. The lowest BCUT2D eigenvalue weighted by atomic mass is 10.2. The van der Waals surface area contributed by atoms with Gasteiger partial charge in [0, 0.05) is 16.6 Å². The molecule has 2 rings (SSSR count). The first-order valence-electron chi connectivity index (χ1n) is 5.72. The molecule has 0 radical (unpaired) electrons. The molecule has 0 fully saturated rings. The minimum Gasteiger partial charge on any atom is -0.494 e. The zero-order chi connectivity index (χ0) is 14.7. The second-order valence-corrected chi connectivity index (χ2v) is 4.95. The molecule has 2 nitrogen and oxygen atoms in total. The van der Waals surface area contributed by atoms with Gasteiger partial charge in [-0.2, -0.15) is 0 Å². The van der Waals surface area contributed by atoms with Gasteiger partial charge in [-0.25, -0.2) is 13.2 Å². The average molecular weight is 346 g/mol. The minimum absolute atomic E-state index is 0.0570. The molecule has 106 valence electrons. The first-order valence-corrected chi connectivity index (χ1v) is 6.52. The summed E-state index contributed by atoms with van der Waals surface area (Å²) in [7, 11) is 1.35. The Balaban J connectivity index is 2.21. The Hall–Kier alpha value is -1.69. The second kappa shape index (κ2) is 6.17. The largest absolute Gasteiger partial charge is 0.494 e. The molecule has 2 aromatic carbocycles. The van der Waals surface area contributed by atoms with E-state index in [1.54, 1.807) is 6.07 Å². The molecule has 0 amide bonds. The van der Waals surface area contributed by atoms with Crippen LogP contribution in [0.2, 0.25) is 0 Å². The van der Waals surface area contributed by atoms with Crippen LogP contribution in [-0.4, -0.2) is 7.11 Å². The van der Waals surface area contributed by atoms with Gasteiger partial charge in [-0.1, -0.05) is 28.1 Å². The number of rotatable bonds is 4. The lowest BCUT2D eigenvalue weighted by Gasteiger charge is -2.11. The highest BCUT2D eigenvalue weighted by molar-refractivity contribution is 9.10. The third-order valence-electron chi connectivity index (χ3n) is 2.73. The van der Waals surface area contributed by atoms with Crippen molar-refractivity contribution in [2.75, 3.05) is 12.4 Å². The van der Waals surface area contributed by atoms with E-state index < -0.39 is 17.5 Å². The van der Waals surface area contributed by atoms with Gasteiger partial charge in [0.25, 0.3) is 0 Å². The van der Waals surface area contributed by atoms with Gasteiger partial charge in [-0.15, -0.1) is 0 Å². The summed E-state index contributed by atoms with van der Waals surface area (Å²) in [5.74, 6) is -1.97. The van der Waals surface area contributed by atoms with Crippen LogP contribution in [-0.2, 0) is 6.54 Å². The van der Waals surface area contributed by atoms with E-state index in [1.807, 2.05) is 0 Å². The number of methoxy groups -OCH3 is 1. The maximum Gasteiger partial charge on any atom is 0.170 e. The molecule has 0 aliphatic rings. The number of benzene rings is 2. The standard InChI is InChI=1S/C14H11BrF3NO/c1-20-12-4-2-3-8(13(12)18)7-19-14-10(16)5-9(15)6-11(14)17/h2-6,19H,7H2,1H3. The monoisotopic (exact) mass is 345 g/mol. The quantitative estimate of drug-likeness (QED) is 0.881. The van der Waals surface area contributed by atoms with E-state index in [-0.39, 0.29) is 23.5 Å². The highest BCUT2D eigenvalue weighted by atomic mass is 79.9. The number of anilines is 1. The molecule has 20 heavy (non-hydrogen) atoms. The van der Waals surface area contributed by atoms with Crippen LogP contribution in [0, 0.1) is 17.5 Å². The zero-order valence-corrected chi connectivity index (χ0v) is 12.1. The fraction of sp³-hybridized carbons (Fsp3) is 0.143. The van der Waals surface area contributed by atoms with E-state index >= 15 is 0 Å². The van der Waals surface area contributed by atoms with Crippen LogP contribution in [0.4, 0.5) is 18.9 Å². The van der Waals surface area contributed by atoms with Gasteiger partial charge in [-0.05, 0) is 18.2 Å². The van der Waals surface area contributed by atoms with Gasteiger partial charge >= 0.3 is 0 Å². The fourth-order valence-corrected chi connectivity index (χ4v) is 2.15. The molecular formula is C14H11BrF3NO. The summed E-state index contributed by atoms with van der Waals surface area (Å²) in [4.78, 5) is 0. The lowest BCUT2D eigenvalue weighted by Crippen LogP contribution is -2.06. The van der Waals surface area contributed by atoms with Crippen molar-refractivity contribution in [1.29, 1.82) is 0 Å². The molecule has 0 heterocycles. The van der Waals surface area contributed by atoms with Gasteiger partial charge in [-0.3, -0.25) is 0 Å². The highest BCUT2D eigenvalue weighted by Crippen LogP contribution is 2.25. The van der Waals surface area contributed by atoms with E-state index in [0.29, 0.717) is 4.47 Å². The number of halogens is 4. The first-order chi connectivity index (χ1) is 9.52. The van der Waals surface area contributed by atoms with E-state index in [0.717, 1.165) is 12.1 Å². The third-order valence-corrected chi connectivity index (χ3v) is 3.18. The summed E-state index contributed by atoms with van der Waals surface area (Å²) in [6.45, 7) is -0.0570. The molecule has 0 bridgehead atoms. The molecular weight excluding hydrogens is 335 g/mol. The maximum atomic E-state index is 13.9. The van der Waals surface area contributed by atoms with Crippen molar-refractivity contribution in [1.82, 2.24) is 0 Å². The van der Waals surface area contributed by atoms with Crippen molar-refractivity contribution in [3.63, 3.8) is 0 Å². The molecule has 0 aliphatic carbocycles. The SMILES string of the molecule is COc1cccc(CNc2c(F)cc(Br)cc2F)c1F. The number of hydrogen-bond donors (Lipinski definition) is 1.